The second kappa shape index (κ2) is 7.12. The highest BCUT2D eigenvalue weighted by molar-refractivity contribution is 5.60. The van der Waals surface area contributed by atoms with Crippen LogP contribution in [0.2, 0.25) is 0 Å². The second-order valence-electron chi connectivity index (χ2n) is 7.28. The minimum Gasteiger partial charge on any atom is -0.372 e. The third-order valence-electron chi connectivity index (χ3n) is 4.70. The molecule has 2 unspecified atom stereocenters. The van der Waals surface area contributed by atoms with Crippen molar-refractivity contribution in [2.75, 3.05) is 18.0 Å². The van der Waals surface area contributed by atoms with Gasteiger partial charge in [0, 0.05) is 30.4 Å². The number of benzene rings is 1. The first kappa shape index (κ1) is 17.7. The molecule has 1 saturated heterocycles. The van der Waals surface area contributed by atoms with E-state index in [-0.39, 0.29) is 12.2 Å². The van der Waals surface area contributed by atoms with Gasteiger partial charge >= 0.3 is 0 Å². The Bertz CT molecular complexity index is 927. The number of nitrogens with zero attached hydrogens (tertiary/aromatic N) is 5. The molecule has 1 aromatic carbocycles. The average Bonchev–Trinajstić information content (AvgIpc) is 2.99. The van der Waals surface area contributed by atoms with Gasteiger partial charge in [-0.1, -0.05) is 30.3 Å². The topological polar surface area (TPSA) is 56.1 Å². The average molecular weight is 363 g/mol. The maximum Gasteiger partial charge on any atom is 0.163 e. The van der Waals surface area contributed by atoms with E-state index in [1.165, 1.54) is 0 Å². The molecule has 140 valence electrons. The van der Waals surface area contributed by atoms with Crippen LogP contribution in [0.1, 0.15) is 25.2 Å². The highest BCUT2D eigenvalue weighted by Gasteiger charge is 2.24. The lowest BCUT2D eigenvalue weighted by Crippen LogP contribution is -2.46. The number of hydrogen-bond acceptors (Lipinski definition) is 5. The van der Waals surface area contributed by atoms with Gasteiger partial charge in [-0.15, -0.1) is 0 Å². The van der Waals surface area contributed by atoms with Crippen LogP contribution in [0, 0.1) is 13.8 Å². The lowest BCUT2D eigenvalue weighted by molar-refractivity contribution is -0.00546. The van der Waals surface area contributed by atoms with Crippen LogP contribution < -0.4 is 4.90 Å². The van der Waals surface area contributed by atoms with Gasteiger partial charge in [-0.05, 0) is 33.8 Å². The van der Waals surface area contributed by atoms with Gasteiger partial charge in [-0.25, -0.2) is 14.6 Å². The minimum absolute atomic E-state index is 0.168. The molecule has 3 heterocycles. The molecule has 6 nitrogen and oxygen atoms in total. The highest BCUT2D eigenvalue weighted by Crippen LogP contribution is 2.25. The number of aromatic nitrogens is 4. The van der Waals surface area contributed by atoms with E-state index >= 15 is 0 Å². The van der Waals surface area contributed by atoms with Gasteiger partial charge in [0.05, 0.1) is 17.9 Å². The summed E-state index contributed by atoms with van der Waals surface area (Å²) in [6.07, 6.45) is 0.335. The van der Waals surface area contributed by atoms with Crippen molar-refractivity contribution in [3.05, 3.63) is 53.9 Å². The summed E-state index contributed by atoms with van der Waals surface area (Å²) < 4.78 is 7.78. The van der Waals surface area contributed by atoms with E-state index in [0.717, 1.165) is 41.7 Å². The predicted octanol–water partition coefficient (Wildman–Crippen LogP) is 3.56. The largest absolute Gasteiger partial charge is 0.372 e. The van der Waals surface area contributed by atoms with Crippen molar-refractivity contribution < 1.29 is 4.74 Å². The molecule has 3 aromatic rings. The third-order valence-corrected chi connectivity index (χ3v) is 4.70. The summed E-state index contributed by atoms with van der Waals surface area (Å²) in [5, 5.41) is 4.61. The molecule has 0 spiro atoms. The van der Waals surface area contributed by atoms with Crippen LogP contribution in [-0.4, -0.2) is 45.0 Å². The van der Waals surface area contributed by atoms with Crippen LogP contribution in [0.3, 0.4) is 0 Å². The zero-order valence-electron chi connectivity index (χ0n) is 16.3. The Morgan fingerprint density at radius 1 is 0.926 bits per heavy atom. The van der Waals surface area contributed by atoms with Crippen LogP contribution in [0.5, 0.6) is 0 Å². The summed E-state index contributed by atoms with van der Waals surface area (Å²) in [7, 11) is 0. The van der Waals surface area contributed by atoms with E-state index in [1.54, 1.807) is 0 Å². The van der Waals surface area contributed by atoms with Gasteiger partial charge in [-0.3, -0.25) is 0 Å². The zero-order chi connectivity index (χ0) is 19.0. The monoisotopic (exact) mass is 363 g/mol. The molecule has 0 aliphatic carbocycles. The fourth-order valence-corrected chi connectivity index (χ4v) is 3.63. The summed E-state index contributed by atoms with van der Waals surface area (Å²) in [4.78, 5) is 12.0. The van der Waals surface area contributed by atoms with Gasteiger partial charge < -0.3 is 9.64 Å². The fraction of sp³-hybridized carbons (Fsp3) is 0.381. The molecular weight excluding hydrogens is 338 g/mol. The minimum atomic E-state index is 0.168. The van der Waals surface area contributed by atoms with Gasteiger partial charge in [0.2, 0.25) is 0 Å². The Hall–Kier alpha value is -2.73. The molecule has 0 bridgehead atoms. The molecule has 4 rings (SSSR count). The zero-order valence-corrected chi connectivity index (χ0v) is 16.3. The van der Waals surface area contributed by atoms with E-state index in [1.807, 2.05) is 54.9 Å². The molecule has 2 atom stereocenters. The summed E-state index contributed by atoms with van der Waals surface area (Å²) in [5.74, 6) is 2.41. The number of morpholine rings is 1. The van der Waals surface area contributed by atoms with E-state index in [0.29, 0.717) is 5.82 Å². The highest BCUT2D eigenvalue weighted by atomic mass is 16.5. The first-order valence-corrected chi connectivity index (χ1v) is 9.38. The lowest BCUT2D eigenvalue weighted by atomic mass is 10.2. The number of aryl methyl sites for hydroxylation is 2. The van der Waals surface area contributed by atoms with Crippen LogP contribution in [-0.2, 0) is 4.74 Å². The Balaban J connectivity index is 1.83. The second-order valence-corrected chi connectivity index (χ2v) is 7.28. The Morgan fingerprint density at radius 2 is 1.59 bits per heavy atom. The van der Waals surface area contributed by atoms with E-state index in [4.69, 9.17) is 14.7 Å². The Morgan fingerprint density at radius 3 is 2.22 bits per heavy atom. The molecule has 0 amide bonds. The standard InChI is InChI=1S/C21H25N5O/c1-14-10-15(2)26(24-14)20-11-19(25-12-16(3)27-17(4)13-25)22-21(23-20)18-8-6-5-7-9-18/h5-11,16-17H,12-13H2,1-4H3. The normalized spacial score (nSPS) is 20.1. The van der Waals surface area contributed by atoms with Crippen molar-refractivity contribution in [2.24, 2.45) is 0 Å². The van der Waals surface area contributed by atoms with Crippen molar-refractivity contribution in [3.8, 4) is 17.2 Å². The van der Waals surface area contributed by atoms with Crippen molar-refractivity contribution in [1.82, 2.24) is 19.7 Å². The first-order chi connectivity index (χ1) is 13.0. The molecule has 6 heteroatoms. The number of rotatable bonds is 3. The van der Waals surface area contributed by atoms with E-state index in [9.17, 15) is 0 Å². The third kappa shape index (κ3) is 3.71. The summed E-state index contributed by atoms with van der Waals surface area (Å²) in [6.45, 7) is 9.87. The molecular formula is C21H25N5O. The van der Waals surface area contributed by atoms with Crippen LogP contribution in [0.15, 0.2) is 42.5 Å². The maximum atomic E-state index is 5.89. The number of ether oxygens (including phenoxy) is 1. The number of anilines is 1. The lowest BCUT2D eigenvalue weighted by Gasteiger charge is -2.36. The quantitative estimate of drug-likeness (QED) is 0.712. The number of hydrogen-bond donors (Lipinski definition) is 0. The molecule has 2 aromatic heterocycles. The fourth-order valence-electron chi connectivity index (χ4n) is 3.63. The Labute approximate surface area is 159 Å². The van der Waals surface area contributed by atoms with Crippen molar-refractivity contribution >= 4 is 5.82 Å². The summed E-state index contributed by atoms with van der Waals surface area (Å²) in [5.41, 5.74) is 3.03. The summed E-state index contributed by atoms with van der Waals surface area (Å²) in [6, 6.07) is 14.2. The molecule has 1 aliphatic heterocycles. The van der Waals surface area contributed by atoms with Crippen LogP contribution in [0.25, 0.3) is 17.2 Å². The van der Waals surface area contributed by atoms with Gasteiger partial charge in [-0.2, -0.15) is 5.10 Å². The van der Waals surface area contributed by atoms with E-state index in [2.05, 4.69) is 29.9 Å². The first-order valence-electron chi connectivity index (χ1n) is 9.38. The molecule has 1 aliphatic rings. The van der Waals surface area contributed by atoms with Crippen LogP contribution >= 0.6 is 0 Å². The van der Waals surface area contributed by atoms with E-state index < -0.39 is 0 Å². The van der Waals surface area contributed by atoms with Crippen molar-refractivity contribution in [3.63, 3.8) is 0 Å². The molecule has 27 heavy (non-hydrogen) atoms. The van der Waals surface area contributed by atoms with Gasteiger partial charge in [0.1, 0.15) is 5.82 Å². The van der Waals surface area contributed by atoms with Crippen LogP contribution in [0.4, 0.5) is 5.82 Å². The van der Waals surface area contributed by atoms with Gasteiger partial charge in [0.15, 0.2) is 11.6 Å². The molecule has 0 radical (unpaired) electrons. The smallest absolute Gasteiger partial charge is 0.163 e. The molecule has 1 fully saturated rings. The summed E-state index contributed by atoms with van der Waals surface area (Å²) >= 11 is 0. The predicted molar refractivity (Wildman–Crippen MR) is 106 cm³/mol. The molecule has 0 N–H and O–H groups in total. The van der Waals surface area contributed by atoms with Crippen molar-refractivity contribution in [1.29, 1.82) is 0 Å². The maximum absolute atomic E-state index is 5.89. The SMILES string of the molecule is Cc1cc(C)n(-c2cc(N3CC(C)OC(C)C3)nc(-c3ccccc3)n2)n1. The van der Waals surface area contributed by atoms with Gasteiger partial charge in [0.25, 0.3) is 0 Å². The van der Waals surface area contributed by atoms with Crippen molar-refractivity contribution in [2.45, 2.75) is 39.9 Å². The molecule has 0 saturated carbocycles. The Kier molecular flexibility index (Phi) is 4.66.